The lowest BCUT2D eigenvalue weighted by molar-refractivity contribution is -0.274. The number of aromatic nitrogens is 2. The van der Waals surface area contributed by atoms with Crippen LogP contribution in [0.3, 0.4) is 0 Å². The number of carbonyl (C=O) groups excluding carboxylic acids is 1. The molecule has 2 aromatic carbocycles. The zero-order chi connectivity index (χ0) is 27.4. The number of aromatic amines is 1. The van der Waals surface area contributed by atoms with Gasteiger partial charge in [0.1, 0.15) is 17.2 Å². The summed E-state index contributed by atoms with van der Waals surface area (Å²) in [4.78, 5) is 37.5. The molecule has 0 bridgehead atoms. The van der Waals surface area contributed by atoms with Crippen molar-refractivity contribution >= 4 is 16.2 Å². The van der Waals surface area contributed by atoms with Gasteiger partial charge in [0, 0.05) is 11.8 Å². The zero-order valence-electron chi connectivity index (χ0n) is 19.0. The number of carbonyl (C=O) groups is 1. The average Bonchev–Trinajstić information content (AvgIpc) is 2.80. The van der Waals surface area contributed by atoms with Crippen molar-refractivity contribution in [2.24, 2.45) is 0 Å². The normalized spacial score (nSPS) is 12.6. The third kappa shape index (κ3) is 7.44. The first kappa shape index (κ1) is 27.5. The number of benzene rings is 2. The summed E-state index contributed by atoms with van der Waals surface area (Å²) in [6.07, 6.45) is -4.89. The van der Waals surface area contributed by atoms with Gasteiger partial charge < -0.3 is 14.5 Å². The monoisotopic (exact) mass is 543 g/mol. The number of rotatable bonds is 10. The van der Waals surface area contributed by atoms with E-state index < -0.39 is 51.5 Å². The van der Waals surface area contributed by atoms with Crippen LogP contribution >= 0.6 is 0 Å². The first-order chi connectivity index (χ1) is 17.3. The first-order valence-corrected chi connectivity index (χ1v) is 12.0. The molecule has 1 unspecified atom stereocenters. The Kier molecular flexibility index (Phi) is 8.08. The van der Waals surface area contributed by atoms with Gasteiger partial charge in [-0.1, -0.05) is 0 Å². The van der Waals surface area contributed by atoms with E-state index in [9.17, 15) is 41.2 Å². The van der Waals surface area contributed by atoms with Crippen LogP contribution in [0, 0.1) is 6.92 Å². The van der Waals surface area contributed by atoms with Crippen molar-refractivity contribution in [3.05, 3.63) is 81.1 Å². The maximum Gasteiger partial charge on any atom is 0.573 e. The van der Waals surface area contributed by atoms with Crippen molar-refractivity contribution in [3.63, 3.8) is 0 Å². The fraction of sp³-hybridized carbons (Fsp3) is 0.227. The van der Waals surface area contributed by atoms with Crippen molar-refractivity contribution < 1.29 is 41.1 Å². The van der Waals surface area contributed by atoms with Crippen LogP contribution in [0.5, 0.6) is 17.2 Å². The van der Waals surface area contributed by atoms with E-state index in [1.54, 1.807) is 0 Å². The summed E-state index contributed by atoms with van der Waals surface area (Å²) in [5.74, 6) is -0.961. The second kappa shape index (κ2) is 10.9. The van der Waals surface area contributed by atoms with E-state index in [4.69, 9.17) is 4.74 Å². The highest BCUT2D eigenvalue weighted by Crippen LogP contribution is 2.28. The van der Waals surface area contributed by atoms with Crippen molar-refractivity contribution in [1.29, 1.82) is 0 Å². The molecule has 3 aromatic rings. The van der Waals surface area contributed by atoms with E-state index in [1.807, 2.05) is 0 Å². The Hall–Kier alpha value is -4.11. The lowest BCUT2D eigenvalue weighted by Crippen LogP contribution is -2.46. The number of nitrogens with one attached hydrogen (secondary N) is 1. The molecule has 0 aliphatic carbocycles. The maximum atomic E-state index is 12.9. The third-order valence-electron chi connectivity index (χ3n) is 4.92. The van der Waals surface area contributed by atoms with Gasteiger partial charge in [-0.3, -0.25) is 19.4 Å². The number of hydroxylamine groups is 2. The van der Waals surface area contributed by atoms with Crippen molar-refractivity contribution in [2.45, 2.75) is 30.8 Å². The molecule has 2 N–H and O–H groups in total. The third-order valence-corrected chi connectivity index (χ3v) is 6.73. The average molecular weight is 543 g/mol. The molecule has 15 heteroatoms. The molecule has 1 amide bonds. The SMILES string of the molecule is Cc1cc(=O)n(CC(CS(=O)(=O)c2ccc(Oc3ccc(OC(F)(F)F)cc3)cc2)N(O)C=O)c(=O)[nH]1. The van der Waals surface area contributed by atoms with Crippen LogP contribution in [0.15, 0.2) is 69.1 Å². The van der Waals surface area contributed by atoms with E-state index in [1.165, 1.54) is 43.3 Å². The van der Waals surface area contributed by atoms with Crippen molar-refractivity contribution in [3.8, 4) is 17.2 Å². The summed E-state index contributed by atoms with van der Waals surface area (Å²) in [6, 6.07) is 9.08. The number of alkyl halides is 3. The lowest BCUT2D eigenvalue weighted by atomic mass is 10.3. The summed E-state index contributed by atoms with van der Waals surface area (Å²) in [5.41, 5.74) is -1.31. The number of halogens is 3. The molecule has 0 saturated carbocycles. The van der Waals surface area contributed by atoms with Crippen molar-refractivity contribution in [2.75, 3.05) is 5.75 Å². The predicted octanol–water partition coefficient (Wildman–Crippen LogP) is 2.23. The van der Waals surface area contributed by atoms with Crippen molar-refractivity contribution in [1.82, 2.24) is 14.6 Å². The van der Waals surface area contributed by atoms with Crippen LogP contribution in [-0.4, -0.2) is 52.8 Å². The largest absolute Gasteiger partial charge is 0.573 e. The molecule has 1 atom stereocenters. The second-order valence-electron chi connectivity index (χ2n) is 7.72. The van der Waals surface area contributed by atoms with Gasteiger partial charge in [0.15, 0.2) is 9.84 Å². The van der Waals surface area contributed by atoms with Crippen LogP contribution in [-0.2, 0) is 21.2 Å². The molecule has 1 heterocycles. The smallest absolute Gasteiger partial charge is 0.457 e. The van der Waals surface area contributed by atoms with Gasteiger partial charge in [-0.2, -0.15) is 0 Å². The molecule has 37 heavy (non-hydrogen) atoms. The molecule has 3 rings (SSSR count). The van der Waals surface area contributed by atoms with Crippen LogP contribution in [0.1, 0.15) is 5.69 Å². The molecule has 0 fully saturated rings. The quantitative estimate of drug-likeness (QED) is 0.225. The Balaban J connectivity index is 1.75. The minimum absolute atomic E-state index is 0.0461. The van der Waals surface area contributed by atoms with E-state index in [-0.39, 0.29) is 33.6 Å². The van der Waals surface area contributed by atoms with E-state index in [2.05, 4.69) is 9.72 Å². The maximum absolute atomic E-state index is 12.9. The highest BCUT2D eigenvalue weighted by Gasteiger charge is 2.31. The van der Waals surface area contributed by atoms with Gasteiger partial charge in [0.05, 0.1) is 23.2 Å². The minimum Gasteiger partial charge on any atom is -0.457 e. The number of sulfone groups is 1. The molecule has 1 aromatic heterocycles. The zero-order valence-corrected chi connectivity index (χ0v) is 19.8. The Labute approximate surface area is 207 Å². The van der Waals surface area contributed by atoms with E-state index in [0.29, 0.717) is 4.57 Å². The minimum atomic E-state index is -4.84. The standard InChI is InChI=1S/C22H20F3N3O8S/c1-14-10-20(30)27(21(31)26-14)11-15(28(32)13-29)12-37(33,34)19-8-6-17(7-9-19)35-16-2-4-18(5-3-16)36-22(23,24)25/h2-10,13,15,32H,11-12H2,1H3,(H,26,31). The number of hydrogen-bond donors (Lipinski definition) is 2. The highest BCUT2D eigenvalue weighted by molar-refractivity contribution is 7.91. The molecule has 0 saturated heterocycles. The van der Waals surface area contributed by atoms with Crippen LogP contribution in [0.2, 0.25) is 0 Å². The Morgan fingerprint density at radius 2 is 1.59 bits per heavy atom. The topological polar surface area (TPSA) is 148 Å². The number of aryl methyl sites for hydroxylation is 1. The van der Waals surface area contributed by atoms with Gasteiger partial charge in [0.25, 0.3) is 5.56 Å². The molecule has 0 aliphatic heterocycles. The van der Waals surface area contributed by atoms with Gasteiger partial charge in [-0.05, 0) is 55.5 Å². The molecular weight excluding hydrogens is 523 g/mol. The lowest BCUT2D eigenvalue weighted by Gasteiger charge is -2.23. The number of amides is 1. The van der Waals surface area contributed by atoms with Crippen LogP contribution in [0.25, 0.3) is 0 Å². The number of hydrogen-bond acceptors (Lipinski definition) is 8. The molecular formula is C22H20F3N3O8S. The molecule has 0 spiro atoms. The fourth-order valence-electron chi connectivity index (χ4n) is 3.23. The molecule has 0 radical (unpaired) electrons. The van der Waals surface area contributed by atoms with Crippen LogP contribution in [0.4, 0.5) is 13.2 Å². The molecule has 11 nitrogen and oxygen atoms in total. The number of nitrogens with zero attached hydrogens (tertiary/aromatic N) is 2. The summed E-state index contributed by atoms with van der Waals surface area (Å²) < 4.78 is 72.5. The summed E-state index contributed by atoms with van der Waals surface area (Å²) in [7, 11) is -4.15. The Bertz CT molecular complexity index is 1440. The number of H-pyrrole nitrogens is 1. The molecule has 0 aliphatic rings. The van der Waals surface area contributed by atoms with E-state index in [0.717, 1.165) is 18.2 Å². The van der Waals surface area contributed by atoms with E-state index >= 15 is 0 Å². The second-order valence-corrected chi connectivity index (χ2v) is 9.75. The Morgan fingerprint density at radius 1 is 1.05 bits per heavy atom. The fourth-order valence-corrected chi connectivity index (χ4v) is 4.74. The number of ether oxygens (including phenoxy) is 2. The summed E-state index contributed by atoms with van der Waals surface area (Å²) in [5, 5.41) is 9.96. The van der Waals surface area contributed by atoms with Gasteiger partial charge >= 0.3 is 12.1 Å². The molecule has 198 valence electrons. The highest BCUT2D eigenvalue weighted by atomic mass is 32.2. The Morgan fingerprint density at radius 3 is 2.11 bits per heavy atom. The van der Waals surface area contributed by atoms with Gasteiger partial charge in [-0.25, -0.2) is 18.3 Å². The summed E-state index contributed by atoms with van der Waals surface area (Å²) in [6.45, 7) is 0.877. The van der Waals surface area contributed by atoms with Crippen LogP contribution < -0.4 is 20.7 Å². The predicted molar refractivity (Wildman–Crippen MR) is 121 cm³/mol. The van der Waals surface area contributed by atoms with Gasteiger partial charge in [-0.15, -0.1) is 13.2 Å². The van der Waals surface area contributed by atoms with Gasteiger partial charge in [0.2, 0.25) is 6.41 Å². The summed E-state index contributed by atoms with van der Waals surface area (Å²) >= 11 is 0. The first-order valence-electron chi connectivity index (χ1n) is 10.4.